The predicted molar refractivity (Wildman–Crippen MR) is 90.4 cm³/mol. The summed E-state index contributed by atoms with van der Waals surface area (Å²) in [4.78, 5) is 14.0. The highest BCUT2D eigenvalue weighted by Crippen LogP contribution is 2.23. The summed E-state index contributed by atoms with van der Waals surface area (Å²) >= 11 is 0. The van der Waals surface area contributed by atoms with Crippen molar-refractivity contribution in [3.05, 3.63) is 29.3 Å². The van der Waals surface area contributed by atoms with Crippen molar-refractivity contribution in [2.24, 2.45) is 0 Å². The molecule has 0 aliphatic carbocycles. The number of urea groups is 1. The summed E-state index contributed by atoms with van der Waals surface area (Å²) in [5.74, 6) is 0.486. The third-order valence-electron chi connectivity index (χ3n) is 3.69. The van der Waals surface area contributed by atoms with Crippen molar-refractivity contribution >= 4 is 22.5 Å². The zero-order valence-corrected chi connectivity index (χ0v) is 14.4. The van der Waals surface area contributed by atoms with Gasteiger partial charge in [-0.1, -0.05) is 32.0 Å². The van der Waals surface area contributed by atoms with E-state index in [9.17, 15) is 9.00 Å². The second-order valence-corrected chi connectivity index (χ2v) is 6.77. The van der Waals surface area contributed by atoms with Crippen molar-refractivity contribution < 1.29 is 9.00 Å². The molecule has 118 valence electrons. The zero-order chi connectivity index (χ0) is 16.0. The molecule has 0 fully saturated rings. The van der Waals surface area contributed by atoms with Gasteiger partial charge in [0.2, 0.25) is 0 Å². The van der Waals surface area contributed by atoms with Gasteiger partial charge in [-0.3, -0.25) is 4.21 Å². The SMILES string of the molecule is CCc1cccc(CC)c1NC(=O)N(C)[C@H](C)C[S@@](C)=O. The summed E-state index contributed by atoms with van der Waals surface area (Å²) in [7, 11) is 0.830. The fraction of sp³-hybridized carbons (Fsp3) is 0.562. The van der Waals surface area contributed by atoms with Crippen molar-refractivity contribution in [1.82, 2.24) is 4.90 Å². The summed E-state index contributed by atoms with van der Waals surface area (Å²) in [6.07, 6.45) is 3.41. The molecule has 0 saturated heterocycles. The molecular formula is C16H26N2O2S. The molecule has 0 aromatic heterocycles. The van der Waals surface area contributed by atoms with Gasteiger partial charge in [0, 0.05) is 41.6 Å². The predicted octanol–water partition coefficient (Wildman–Crippen LogP) is 3.04. The third-order valence-corrected chi connectivity index (χ3v) is 4.64. The molecule has 1 rings (SSSR count). The van der Waals surface area contributed by atoms with E-state index < -0.39 is 10.8 Å². The lowest BCUT2D eigenvalue weighted by Gasteiger charge is -2.25. The van der Waals surface area contributed by atoms with Crippen molar-refractivity contribution in [3.63, 3.8) is 0 Å². The minimum absolute atomic E-state index is 0.0605. The Bertz CT molecular complexity index is 495. The van der Waals surface area contributed by atoms with Crippen LogP contribution in [0, 0.1) is 0 Å². The number of benzene rings is 1. The van der Waals surface area contributed by atoms with Gasteiger partial charge >= 0.3 is 6.03 Å². The highest BCUT2D eigenvalue weighted by molar-refractivity contribution is 7.84. The van der Waals surface area contributed by atoms with E-state index in [1.165, 1.54) is 0 Å². The van der Waals surface area contributed by atoms with Gasteiger partial charge in [-0.15, -0.1) is 0 Å². The van der Waals surface area contributed by atoms with E-state index in [2.05, 4.69) is 19.2 Å². The van der Waals surface area contributed by atoms with E-state index in [4.69, 9.17) is 0 Å². The summed E-state index contributed by atoms with van der Waals surface area (Å²) < 4.78 is 11.3. The van der Waals surface area contributed by atoms with E-state index in [-0.39, 0.29) is 12.1 Å². The van der Waals surface area contributed by atoms with Crippen LogP contribution in [0.4, 0.5) is 10.5 Å². The Kier molecular flexibility index (Phi) is 6.89. The molecule has 2 atom stereocenters. The quantitative estimate of drug-likeness (QED) is 0.878. The first-order valence-electron chi connectivity index (χ1n) is 7.35. The minimum atomic E-state index is -0.913. The van der Waals surface area contributed by atoms with E-state index in [0.29, 0.717) is 5.75 Å². The van der Waals surface area contributed by atoms with Gasteiger partial charge in [-0.25, -0.2) is 4.79 Å². The zero-order valence-electron chi connectivity index (χ0n) is 13.6. The first-order valence-corrected chi connectivity index (χ1v) is 9.07. The van der Waals surface area contributed by atoms with Crippen LogP contribution in [-0.4, -0.2) is 40.2 Å². The van der Waals surface area contributed by atoms with Crippen molar-refractivity contribution in [2.75, 3.05) is 24.4 Å². The largest absolute Gasteiger partial charge is 0.324 e. The molecule has 4 nitrogen and oxygen atoms in total. The molecule has 0 aliphatic rings. The highest BCUT2D eigenvalue weighted by Gasteiger charge is 2.18. The highest BCUT2D eigenvalue weighted by atomic mass is 32.2. The molecule has 5 heteroatoms. The van der Waals surface area contributed by atoms with Crippen LogP contribution in [0.2, 0.25) is 0 Å². The second-order valence-electron chi connectivity index (χ2n) is 5.29. The lowest BCUT2D eigenvalue weighted by molar-refractivity contribution is 0.212. The number of para-hydroxylation sites is 1. The van der Waals surface area contributed by atoms with Crippen molar-refractivity contribution in [2.45, 2.75) is 39.7 Å². The van der Waals surface area contributed by atoms with E-state index in [0.717, 1.165) is 29.7 Å². The molecule has 0 saturated carbocycles. The number of nitrogens with zero attached hydrogens (tertiary/aromatic N) is 1. The Morgan fingerprint density at radius 1 is 1.29 bits per heavy atom. The fourth-order valence-electron chi connectivity index (χ4n) is 2.25. The number of rotatable bonds is 6. The Hall–Kier alpha value is -1.36. The van der Waals surface area contributed by atoms with Crippen LogP contribution in [0.5, 0.6) is 0 Å². The normalized spacial score (nSPS) is 13.6. The molecule has 1 N–H and O–H groups in total. The maximum absolute atomic E-state index is 12.4. The van der Waals surface area contributed by atoms with Crippen LogP contribution in [0.25, 0.3) is 0 Å². The lowest BCUT2D eigenvalue weighted by atomic mass is 10.0. The molecule has 0 spiro atoms. The molecule has 0 aliphatic heterocycles. The Morgan fingerprint density at radius 2 is 1.81 bits per heavy atom. The van der Waals surface area contributed by atoms with Crippen LogP contribution in [0.15, 0.2) is 18.2 Å². The van der Waals surface area contributed by atoms with Gasteiger partial charge in [-0.2, -0.15) is 0 Å². The number of hydrogen-bond acceptors (Lipinski definition) is 2. The van der Waals surface area contributed by atoms with E-state index in [1.807, 2.05) is 25.1 Å². The molecule has 0 heterocycles. The van der Waals surface area contributed by atoms with Crippen LogP contribution >= 0.6 is 0 Å². The molecule has 21 heavy (non-hydrogen) atoms. The molecule has 0 bridgehead atoms. The number of anilines is 1. The van der Waals surface area contributed by atoms with Gasteiger partial charge in [0.1, 0.15) is 0 Å². The first kappa shape index (κ1) is 17.7. The number of carbonyl (C=O) groups excluding carboxylic acids is 1. The molecule has 1 aromatic rings. The number of hydrogen-bond donors (Lipinski definition) is 1. The maximum Gasteiger partial charge on any atom is 0.321 e. The van der Waals surface area contributed by atoms with Crippen LogP contribution in [-0.2, 0) is 23.6 Å². The van der Waals surface area contributed by atoms with E-state index in [1.54, 1.807) is 18.2 Å². The molecular weight excluding hydrogens is 284 g/mol. The Morgan fingerprint density at radius 3 is 2.24 bits per heavy atom. The van der Waals surface area contributed by atoms with Gasteiger partial charge in [0.15, 0.2) is 0 Å². The monoisotopic (exact) mass is 310 g/mol. The van der Waals surface area contributed by atoms with Crippen LogP contribution in [0.3, 0.4) is 0 Å². The van der Waals surface area contributed by atoms with Crippen molar-refractivity contribution in [3.8, 4) is 0 Å². The average molecular weight is 310 g/mol. The first-order chi connectivity index (χ1) is 9.90. The smallest absolute Gasteiger partial charge is 0.321 e. The second kappa shape index (κ2) is 8.17. The maximum atomic E-state index is 12.4. The molecule has 2 amide bonds. The molecule has 0 unspecified atom stereocenters. The average Bonchev–Trinajstić information content (AvgIpc) is 2.45. The summed E-state index contributed by atoms with van der Waals surface area (Å²) in [5, 5.41) is 3.02. The van der Waals surface area contributed by atoms with E-state index >= 15 is 0 Å². The number of nitrogens with one attached hydrogen (secondary N) is 1. The van der Waals surface area contributed by atoms with Crippen molar-refractivity contribution in [1.29, 1.82) is 0 Å². The third kappa shape index (κ3) is 4.84. The minimum Gasteiger partial charge on any atom is -0.324 e. The molecule has 1 aromatic carbocycles. The summed E-state index contributed by atoms with van der Waals surface area (Å²) in [6, 6.07) is 5.90. The van der Waals surface area contributed by atoms with Gasteiger partial charge in [-0.05, 0) is 30.9 Å². The number of amides is 2. The summed E-state index contributed by atoms with van der Waals surface area (Å²) in [6.45, 7) is 6.07. The summed E-state index contributed by atoms with van der Waals surface area (Å²) in [5.41, 5.74) is 3.20. The lowest BCUT2D eigenvalue weighted by Crippen LogP contribution is -2.41. The molecule has 0 radical (unpaired) electrons. The van der Waals surface area contributed by atoms with Gasteiger partial charge in [0.05, 0.1) is 0 Å². The number of carbonyl (C=O) groups is 1. The van der Waals surface area contributed by atoms with Crippen LogP contribution in [0.1, 0.15) is 31.9 Å². The van der Waals surface area contributed by atoms with Gasteiger partial charge < -0.3 is 10.2 Å². The number of aryl methyl sites for hydroxylation is 2. The fourth-order valence-corrected chi connectivity index (χ4v) is 3.15. The Balaban J connectivity index is 2.90. The standard InChI is InChI=1S/C16H26N2O2S/c1-6-13-9-8-10-14(7-2)15(13)17-16(19)18(4)12(3)11-21(5)20/h8-10,12H,6-7,11H2,1-5H3,(H,17,19)/t12-,21-/m1/s1. The Labute approximate surface area is 130 Å². The van der Waals surface area contributed by atoms with Gasteiger partial charge in [0.25, 0.3) is 0 Å². The topological polar surface area (TPSA) is 49.4 Å². The van der Waals surface area contributed by atoms with Crippen LogP contribution < -0.4 is 5.32 Å².